The summed E-state index contributed by atoms with van der Waals surface area (Å²) < 4.78 is 0. The third-order valence-electron chi connectivity index (χ3n) is 4.26. The molecule has 0 radical (unpaired) electrons. The van der Waals surface area contributed by atoms with Crippen LogP contribution in [0.5, 0.6) is 0 Å². The zero-order chi connectivity index (χ0) is 18.9. The summed E-state index contributed by atoms with van der Waals surface area (Å²) in [6, 6.07) is 18.5. The Balaban J connectivity index is 1.42. The minimum atomic E-state index is -0.175. The van der Waals surface area contributed by atoms with Gasteiger partial charge in [0.05, 0.1) is 5.56 Å². The molecular weight excluding hydrogens is 336 g/mol. The highest BCUT2D eigenvalue weighted by atomic mass is 16.1. The fourth-order valence-corrected chi connectivity index (χ4v) is 2.66. The van der Waals surface area contributed by atoms with Gasteiger partial charge in [0.15, 0.2) is 0 Å². The molecule has 5 nitrogen and oxygen atoms in total. The second-order valence-electron chi connectivity index (χ2n) is 6.48. The Bertz CT molecular complexity index is 846. The van der Waals surface area contributed by atoms with Gasteiger partial charge < -0.3 is 10.6 Å². The summed E-state index contributed by atoms with van der Waals surface area (Å²) in [5, 5.41) is 6.08. The van der Waals surface area contributed by atoms with Gasteiger partial charge in [-0.2, -0.15) is 0 Å². The lowest BCUT2D eigenvalue weighted by atomic mass is 10.1. The first kappa shape index (κ1) is 18.6. The van der Waals surface area contributed by atoms with E-state index in [2.05, 4.69) is 44.9 Å². The van der Waals surface area contributed by atoms with Crippen LogP contribution in [-0.2, 0) is 13.0 Å². The molecule has 1 heterocycles. The molecule has 5 heteroatoms. The Morgan fingerprint density at radius 1 is 0.926 bits per heavy atom. The molecule has 1 aromatic heterocycles. The van der Waals surface area contributed by atoms with E-state index in [1.54, 1.807) is 12.4 Å². The Kier molecular flexibility index (Phi) is 6.52. The van der Waals surface area contributed by atoms with Crippen molar-refractivity contribution >= 4 is 11.9 Å². The van der Waals surface area contributed by atoms with Crippen molar-refractivity contribution < 1.29 is 4.79 Å². The lowest BCUT2D eigenvalue weighted by Crippen LogP contribution is -2.23. The molecule has 1 amide bonds. The zero-order valence-corrected chi connectivity index (χ0v) is 15.5. The molecular formula is C22H24N4O. The van der Waals surface area contributed by atoms with Crippen molar-refractivity contribution in [1.29, 1.82) is 0 Å². The number of hydrogen-bond acceptors (Lipinski definition) is 4. The number of hydrogen-bond donors (Lipinski definition) is 2. The van der Waals surface area contributed by atoms with Crippen molar-refractivity contribution in [3.8, 4) is 0 Å². The highest BCUT2D eigenvalue weighted by molar-refractivity contribution is 5.93. The number of aryl methyl sites for hydroxylation is 2. The van der Waals surface area contributed by atoms with E-state index in [1.165, 1.54) is 11.1 Å². The van der Waals surface area contributed by atoms with Gasteiger partial charge >= 0.3 is 0 Å². The predicted molar refractivity (Wildman–Crippen MR) is 108 cm³/mol. The summed E-state index contributed by atoms with van der Waals surface area (Å²) >= 11 is 0. The zero-order valence-electron chi connectivity index (χ0n) is 15.5. The molecule has 3 aromatic rings. The molecule has 0 saturated heterocycles. The van der Waals surface area contributed by atoms with Gasteiger partial charge in [0.25, 0.3) is 5.91 Å². The molecule has 138 valence electrons. The number of nitrogens with zero attached hydrogens (tertiary/aromatic N) is 2. The molecule has 0 saturated carbocycles. The highest BCUT2D eigenvalue weighted by Crippen LogP contribution is 2.06. The Morgan fingerprint density at radius 3 is 2.33 bits per heavy atom. The number of anilines is 1. The second kappa shape index (κ2) is 9.48. The quantitative estimate of drug-likeness (QED) is 0.600. The van der Waals surface area contributed by atoms with E-state index >= 15 is 0 Å². The standard InChI is InChI=1S/C22H24N4O/c1-17-9-11-19(12-10-17)14-24-21(27)20-15-25-22(26-16-20)23-13-5-8-18-6-3-2-4-7-18/h2-4,6-7,9-12,15-16H,5,8,13-14H2,1H3,(H,24,27)(H,23,25,26). The molecule has 0 bridgehead atoms. The molecule has 2 N–H and O–H groups in total. The normalized spacial score (nSPS) is 10.4. The van der Waals surface area contributed by atoms with E-state index < -0.39 is 0 Å². The molecule has 0 aliphatic heterocycles. The van der Waals surface area contributed by atoms with Crippen LogP contribution in [0.4, 0.5) is 5.95 Å². The summed E-state index contributed by atoms with van der Waals surface area (Å²) in [6.07, 6.45) is 5.10. The van der Waals surface area contributed by atoms with Gasteiger partial charge in [-0.15, -0.1) is 0 Å². The maximum absolute atomic E-state index is 12.2. The van der Waals surface area contributed by atoms with Gasteiger partial charge in [0.2, 0.25) is 5.95 Å². The van der Waals surface area contributed by atoms with Crippen molar-refractivity contribution in [3.63, 3.8) is 0 Å². The first-order chi connectivity index (χ1) is 13.2. The van der Waals surface area contributed by atoms with E-state index in [4.69, 9.17) is 0 Å². The molecule has 27 heavy (non-hydrogen) atoms. The van der Waals surface area contributed by atoms with Crippen molar-refractivity contribution in [2.45, 2.75) is 26.3 Å². The van der Waals surface area contributed by atoms with Crippen LogP contribution in [0.1, 0.15) is 33.5 Å². The predicted octanol–water partition coefficient (Wildman–Crippen LogP) is 3.76. The summed E-state index contributed by atoms with van der Waals surface area (Å²) in [7, 11) is 0. The van der Waals surface area contributed by atoms with Crippen molar-refractivity contribution in [2.75, 3.05) is 11.9 Å². The van der Waals surface area contributed by atoms with Crippen LogP contribution >= 0.6 is 0 Å². The number of rotatable bonds is 8. The van der Waals surface area contributed by atoms with Crippen molar-refractivity contribution in [2.24, 2.45) is 0 Å². The summed E-state index contributed by atoms with van der Waals surface area (Å²) in [6.45, 7) is 3.31. The van der Waals surface area contributed by atoms with E-state index in [0.29, 0.717) is 18.1 Å². The number of carbonyl (C=O) groups is 1. The largest absolute Gasteiger partial charge is 0.354 e. The monoisotopic (exact) mass is 360 g/mol. The molecule has 0 aliphatic carbocycles. The summed E-state index contributed by atoms with van der Waals surface area (Å²) in [5.74, 6) is 0.365. The molecule has 0 fully saturated rings. The van der Waals surface area contributed by atoms with E-state index in [1.807, 2.05) is 37.3 Å². The third kappa shape index (κ3) is 5.92. The molecule has 0 atom stereocenters. The number of amides is 1. The molecule has 0 aliphatic rings. The fraction of sp³-hybridized carbons (Fsp3) is 0.227. The SMILES string of the molecule is Cc1ccc(CNC(=O)c2cnc(NCCCc3ccccc3)nc2)cc1. The second-order valence-corrected chi connectivity index (χ2v) is 6.48. The van der Waals surface area contributed by atoms with Crippen LogP contribution in [0.15, 0.2) is 67.0 Å². The lowest BCUT2D eigenvalue weighted by molar-refractivity contribution is 0.0950. The molecule has 0 unspecified atom stereocenters. The van der Waals surface area contributed by atoms with Crippen LogP contribution in [0, 0.1) is 6.92 Å². The van der Waals surface area contributed by atoms with Gasteiger partial charge in [-0.25, -0.2) is 9.97 Å². The number of aromatic nitrogens is 2. The summed E-state index contributed by atoms with van der Waals surface area (Å²) in [4.78, 5) is 20.7. The maximum Gasteiger partial charge on any atom is 0.254 e. The van der Waals surface area contributed by atoms with Crippen molar-refractivity contribution in [1.82, 2.24) is 15.3 Å². The van der Waals surface area contributed by atoms with E-state index in [9.17, 15) is 4.79 Å². The lowest BCUT2D eigenvalue weighted by Gasteiger charge is -2.07. The van der Waals surface area contributed by atoms with Gasteiger partial charge in [0, 0.05) is 25.5 Å². The third-order valence-corrected chi connectivity index (χ3v) is 4.26. The number of benzene rings is 2. The average Bonchev–Trinajstić information content (AvgIpc) is 2.72. The van der Waals surface area contributed by atoms with E-state index in [-0.39, 0.29) is 5.91 Å². The fourth-order valence-electron chi connectivity index (χ4n) is 2.66. The average molecular weight is 360 g/mol. The van der Waals surface area contributed by atoms with Gasteiger partial charge in [-0.3, -0.25) is 4.79 Å². The minimum absolute atomic E-state index is 0.175. The van der Waals surface area contributed by atoms with Gasteiger partial charge in [-0.05, 0) is 30.9 Å². The smallest absolute Gasteiger partial charge is 0.254 e. The van der Waals surface area contributed by atoms with E-state index in [0.717, 1.165) is 24.9 Å². The minimum Gasteiger partial charge on any atom is -0.354 e. The molecule has 3 rings (SSSR count). The van der Waals surface area contributed by atoms with Gasteiger partial charge in [-0.1, -0.05) is 60.2 Å². The Labute approximate surface area is 159 Å². The van der Waals surface area contributed by atoms with Gasteiger partial charge in [0.1, 0.15) is 0 Å². The number of nitrogens with one attached hydrogen (secondary N) is 2. The first-order valence-corrected chi connectivity index (χ1v) is 9.14. The molecule has 2 aromatic carbocycles. The first-order valence-electron chi connectivity index (χ1n) is 9.14. The molecule has 0 spiro atoms. The van der Waals surface area contributed by atoms with Crippen LogP contribution in [0.25, 0.3) is 0 Å². The van der Waals surface area contributed by atoms with Crippen molar-refractivity contribution in [3.05, 3.63) is 89.2 Å². The summed E-state index contributed by atoms with van der Waals surface area (Å²) in [5.41, 5.74) is 4.04. The number of carbonyl (C=O) groups excluding carboxylic acids is 1. The Hall–Kier alpha value is -3.21. The van der Waals surface area contributed by atoms with Crippen LogP contribution in [-0.4, -0.2) is 22.4 Å². The van der Waals surface area contributed by atoms with Crippen LogP contribution in [0.2, 0.25) is 0 Å². The Morgan fingerprint density at radius 2 is 1.63 bits per heavy atom. The highest BCUT2D eigenvalue weighted by Gasteiger charge is 2.07. The maximum atomic E-state index is 12.2. The topological polar surface area (TPSA) is 66.9 Å². The van der Waals surface area contributed by atoms with Crippen LogP contribution in [0.3, 0.4) is 0 Å². The van der Waals surface area contributed by atoms with Crippen LogP contribution < -0.4 is 10.6 Å².